The van der Waals surface area contributed by atoms with Crippen LogP contribution in [0.3, 0.4) is 0 Å². The largest absolute Gasteiger partial charge is 0.361 e. The van der Waals surface area contributed by atoms with Crippen LogP contribution >= 0.6 is 0 Å². The molecule has 1 amide bonds. The summed E-state index contributed by atoms with van der Waals surface area (Å²) in [6, 6.07) is 9.75. The predicted octanol–water partition coefficient (Wildman–Crippen LogP) is 3.74. The van der Waals surface area contributed by atoms with Crippen LogP contribution in [-0.2, 0) is 10.2 Å². The summed E-state index contributed by atoms with van der Waals surface area (Å²) >= 11 is 0. The van der Waals surface area contributed by atoms with Crippen LogP contribution in [0.5, 0.6) is 0 Å². The predicted molar refractivity (Wildman–Crippen MR) is 81.2 cm³/mol. The van der Waals surface area contributed by atoms with Crippen molar-refractivity contribution < 1.29 is 9.32 Å². The van der Waals surface area contributed by atoms with Crippen LogP contribution in [-0.4, -0.2) is 11.1 Å². The lowest BCUT2D eigenvalue weighted by atomic mass is 9.81. The third-order valence-electron chi connectivity index (χ3n) is 4.32. The standard InChI is InChI=1S/C17H20N2O2/c1-12-5-7-14(8-6-12)18-16(20)17(9-3-4-10-17)15-11-13(2)21-19-15/h5-8,11H,3-4,9-10H2,1-2H3,(H,18,20). The van der Waals surface area contributed by atoms with Gasteiger partial charge in [-0.2, -0.15) is 0 Å². The van der Waals surface area contributed by atoms with Crippen LogP contribution in [0.2, 0.25) is 0 Å². The Morgan fingerprint density at radius 2 is 1.86 bits per heavy atom. The molecule has 21 heavy (non-hydrogen) atoms. The molecule has 110 valence electrons. The van der Waals surface area contributed by atoms with E-state index in [4.69, 9.17) is 4.52 Å². The Kier molecular flexibility index (Phi) is 3.53. The average molecular weight is 284 g/mol. The highest BCUT2D eigenvalue weighted by Crippen LogP contribution is 2.41. The summed E-state index contributed by atoms with van der Waals surface area (Å²) in [5, 5.41) is 7.15. The highest BCUT2D eigenvalue weighted by atomic mass is 16.5. The van der Waals surface area contributed by atoms with Gasteiger partial charge in [-0.1, -0.05) is 35.7 Å². The molecule has 0 aliphatic heterocycles. The quantitative estimate of drug-likeness (QED) is 0.934. The number of aromatic nitrogens is 1. The Hall–Kier alpha value is -2.10. The van der Waals surface area contributed by atoms with Gasteiger partial charge >= 0.3 is 0 Å². The number of nitrogens with zero attached hydrogens (tertiary/aromatic N) is 1. The van der Waals surface area contributed by atoms with Crippen molar-refractivity contribution in [2.45, 2.75) is 44.9 Å². The van der Waals surface area contributed by atoms with Gasteiger partial charge in [-0.25, -0.2) is 0 Å². The molecule has 4 nitrogen and oxygen atoms in total. The minimum absolute atomic E-state index is 0.0251. The highest BCUT2D eigenvalue weighted by molar-refractivity contribution is 5.99. The van der Waals surface area contributed by atoms with Gasteiger partial charge < -0.3 is 9.84 Å². The number of carbonyl (C=O) groups excluding carboxylic acids is 1. The number of amides is 1. The first-order chi connectivity index (χ1) is 10.1. The number of hydrogen-bond acceptors (Lipinski definition) is 3. The maximum atomic E-state index is 12.8. The van der Waals surface area contributed by atoms with Crippen molar-refractivity contribution in [2.24, 2.45) is 0 Å². The minimum Gasteiger partial charge on any atom is -0.361 e. The van der Waals surface area contributed by atoms with E-state index in [1.165, 1.54) is 5.56 Å². The lowest BCUT2D eigenvalue weighted by Crippen LogP contribution is -2.38. The number of hydrogen-bond donors (Lipinski definition) is 1. The molecule has 1 heterocycles. The molecule has 1 fully saturated rings. The lowest BCUT2D eigenvalue weighted by molar-refractivity contribution is -0.121. The van der Waals surface area contributed by atoms with E-state index in [9.17, 15) is 4.79 Å². The van der Waals surface area contributed by atoms with E-state index in [2.05, 4.69) is 10.5 Å². The molecule has 1 N–H and O–H groups in total. The Morgan fingerprint density at radius 1 is 1.19 bits per heavy atom. The number of benzene rings is 1. The van der Waals surface area contributed by atoms with Gasteiger partial charge in [0.2, 0.25) is 5.91 Å². The molecule has 2 aromatic rings. The fourth-order valence-electron chi connectivity index (χ4n) is 3.06. The highest BCUT2D eigenvalue weighted by Gasteiger charge is 2.45. The second-order valence-electron chi connectivity index (χ2n) is 5.93. The maximum Gasteiger partial charge on any atom is 0.236 e. The normalized spacial score (nSPS) is 16.9. The molecule has 0 unspecified atom stereocenters. The van der Waals surface area contributed by atoms with Gasteiger partial charge in [-0.15, -0.1) is 0 Å². The van der Waals surface area contributed by atoms with E-state index in [1.54, 1.807) is 0 Å². The van der Waals surface area contributed by atoms with Crippen LogP contribution in [0.15, 0.2) is 34.9 Å². The van der Waals surface area contributed by atoms with Crippen molar-refractivity contribution in [1.29, 1.82) is 0 Å². The minimum atomic E-state index is -0.539. The molecule has 0 radical (unpaired) electrons. The van der Waals surface area contributed by atoms with Crippen molar-refractivity contribution in [1.82, 2.24) is 5.16 Å². The molecular weight excluding hydrogens is 264 g/mol. The van der Waals surface area contributed by atoms with Gasteiger partial charge in [0.05, 0.1) is 11.1 Å². The molecule has 0 saturated heterocycles. The zero-order chi connectivity index (χ0) is 14.9. The van der Waals surface area contributed by atoms with Gasteiger partial charge in [0.1, 0.15) is 5.76 Å². The fraction of sp³-hybridized carbons (Fsp3) is 0.412. The Morgan fingerprint density at radius 3 is 2.43 bits per heavy atom. The van der Waals surface area contributed by atoms with Crippen LogP contribution in [0.4, 0.5) is 5.69 Å². The lowest BCUT2D eigenvalue weighted by Gasteiger charge is -2.25. The average Bonchev–Trinajstić information content (AvgIpc) is 3.10. The van der Waals surface area contributed by atoms with Crippen molar-refractivity contribution >= 4 is 11.6 Å². The number of anilines is 1. The van der Waals surface area contributed by atoms with Crippen molar-refractivity contribution in [3.8, 4) is 0 Å². The summed E-state index contributed by atoms with van der Waals surface area (Å²) in [5.41, 5.74) is 2.23. The smallest absolute Gasteiger partial charge is 0.236 e. The summed E-state index contributed by atoms with van der Waals surface area (Å²) in [6.07, 6.45) is 3.76. The monoisotopic (exact) mass is 284 g/mol. The molecule has 0 atom stereocenters. The zero-order valence-electron chi connectivity index (χ0n) is 12.5. The Labute approximate surface area is 124 Å². The summed E-state index contributed by atoms with van der Waals surface area (Å²) < 4.78 is 5.19. The fourth-order valence-corrected chi connectivity index (χ4v) is 3.06. The number of nitrogens with one attached hydrogen (secondary N) is 1. The van der Waals surface area contributed by atoms with Crippen LogP contribution < -0.4 is 5.32 Å². The second-order valence-corrected chi connectivity index (χ2v) is 5.93. The number of aryl methyl sites for hydroxylation is 2. The Bertz CT molecular complexity index is 637. The van der Waals surface area contributed by atoms with Crippen LogP contribution in [0.1, 0.15) is 42.7 Å². The molecule has 3 rings (SSSR count). The summed E-state index contributed by atoms with van der Waals surface area (Å²) in [6.45, 7) is 3.89. The van der Waals surface area contributed by atoms with Gasteiger partial charge in [0.25, 0.3) is 0 Å². The third kappa shape index (κ3) is 2.58. The molecule has 1 aliphatic carbocycles. The molecule has 0 bridgehead atoms. The number of rotatable bonds is 3. The first-order valence-corrected chi connectivity index (χ1v) is 7.42. The van der Waals surface area contributed by atoms with Gasteiger partial charge in [0, 0.05) is 11.8 Å². The molecule has 4 heteroatoms. The van der Waals surface area contributed by atoms with E-state index in [0.717, 1.165) is 42.8 Å². The SMILES string of the molecule is Cc1ccc(NC(=O)C2(c3cc(C)on3)CCCC2)cc1. The van der Waals surface area contributed by atoms with E-state index in [0.29, 0.717) is 0 Å². The van der Waals surface area contributed by atoms with Crippen molar-refractivity contribution in [3.05, 3.63) is 47.3 Å². The molecule has 1 aromatic heterocycles. The summed E-state index contributed by atoms with van der Waals surface area (Å²) in [4.78, 5) is 12.8. The van der Waals surface area contributed by atoms with E-state index in [-0.39, 0.29) is 5.91 Å². The third-order valence-corrected chi connectivity index (χ3v) is 4.32. The molecular formula is C17H20N2O2. The van der Waals surface area contributed by atoms with Crippen LogP contribution in [0.25, 0.3) is 0 Å². The van der Waals surface area contributed by atoms with Gasteiger partial charge in [-0.3, -0.25) is 4.79 Å². The maximum absolute atomic E-state index is 12.8. The van der Waals surface area contributed by atoms with Gasteiger partial charge in [-0.05, 0) is 38.8 Å². The van der Waals surface area contributed by atoms with Crippen molar-refractivity contribution in [2.75, 3.05) is 5.32 Å². The van der Waals surface area contributed by atoms with E-state index >= 15 is 0 Å². The van der Waals surface area contributed by atoms with E-state index in [1.807, 2.05) is 44.2 Å². The molecule has 1 aliphatic rings. The van der Waals surface area contributed by atoms with Crippen molar-refractivity contribution in [3.63, 3.8) is 0 Å². The van der Waals surface area contributed by atoms with Crippen LogP contribution in [0, 0.1) is 13.8 Å². The molecule has 0 spiro atoms. The topological polar surface area (TPSA) is 55.1 Å². The molecule has 1 aromatic carbocycles. The zero-order valence-corrected chi connectivity index (χ0v) is 12.5. The summed E-state index contributed by atoms with van der Waals surface area (Å²) in [7, 11) is 0. The van der Waals surface area contributed by atoms with E-state index < -0.39 is 5.41 Å². The first kappa shape index (κ1) is 13.9. The van der Waals surface area contributed by atoms with Gasteiger partial charge in [0.15, 0.2) is 0 Å². The first-order valence-electron chi connectivity index (χ1n) is 7.42. The second kappa shape index (κ2) is 5.35. The summed E-state index contributed by atoms with van der Waals surface area (Å²) in [5.74, 6) is 0.775. The molecule has 1 saturated carbocycles. The Balaban J connectivity index is 1.87. The number of carbonyl (C=O) groups is 1.